The normalized spacial score (nSPS) is 17.2. The molecule has 2 aromatic rings. The van der Waals surface area contributed by atoms with Crippen molar-refractivity contribution < 1.29 is 9.32 Å². The van der Waals surface area contributed by atoms with Crippen LogP contribution < -0.4 is 5.32 Å². The van der Waals surface area contributed by atoms with Gasteiger partial charge in [-0.2, -0.15) is 4.98 Å². The fraction of sp³-hybridized carbons (Fsp3) is 0.533. The molecule has 7 heteroatoms. The van der Waals surface area contributed by atoms with Gasteiger partial charge in [0.15, 0.2) is 5.82 Å². The third kappa shape index (κ3) is 2.84. The first-order chi connectivity index (χ1) is 10.6. The third-order valence-electron chi connectivity index (χ3n) is 4.03. The van der Waals surface area contributed by atoms with Crippen LogP contribution in [0.3, 0.4) is 0 Å². The molecule has 0 unspecified atom stereocenters. The van der Waals surface area contributed by atoms with Gasteiger partial charge in [0.25, 0.3) is 5.91 Å². The molecule has 7 nitrogen and oxygen atoms in total. The van der Waals surface area contributed by atoms with Gasteiger partial charge in [0.2, 0.25) is 5.89 Å². The maximum absolute atomic E-state index is 12.5. The molecule has 0 aliphatic heterocycles. The minimum atomic E-state index is -0.570. The van der Waals surface area contributed by atoms with Crippen LogP contribution in [0.1, 0.15) is 60.0 Å². The Bertz CT molecular complexity index is 659. The summed E-state index contributed by atoms with van der Waals surface area (Å²) in [5, 5.41) is 7.11. The monoisotopic (exact) mass is 301 g/mol. The second kappa shape index (κ2) is 5.82. The molecule has 116 valence electrons. The van der Waals surface area contributed by atoms with Crippen LogP contribution in [0.25, 0.3) is 0 Å². The van der Waals surface area contributed by atoms with Crippen LogP contribution in [-0.4, -0.2) is 26.0 Å². The molecule has 0 radical (unpaired) electrons. The molecule has 22 heavy (non-hydrogen) atoms. The molecule has 2 aromatic heterocycles. The van der Waals surface area contributed by atoms with E-state index in [4.69, 9.17) is 4.52 Å². The molecule has 0 atom stereocenters. The lowest BCUT2D eigenvalue weighted by molar-refractivity contribution is 0.0849. The van der Waals surface area contributed by atoms with Gasteiger partial charge in [0.1, 0.15) is 11.2 Å². The number of carbonyl (C=O) groups is 1. The lowest BCUT2D eigenvalue weighted by Gasteiger charge is -2.35. The maximum atomic E-state index is 12.5. The predicted molar refractivity (Wildman–Crippen MR) is 78.0 cm³/mol. The van der Waals surface area contributed by atoms with E-state index in [1.807, 2.05) is 6.92 Å². The summed E-state index contributed by atoms with van der Waals surface area (Å²) in [6.45, 7) is 3.58. The molecule has 1 saturated carbocycles. The Morgan fingerprint density at radius 3 is 2.55 bits per heavy atom. The van der Waals surface area contributed by atoms with Crippen LogP contribution in [0.2, 0.25) is 0 Å². The van der Waals surface area contributed by atoms with E-state index in [0.717, 1.165) is 37.8 Å². The van der Waals surface area contributed by atoms with Crippen molar-refractivity contribution in [2.45, 2.75) is 51.5 Å². The van der Waals surface area contributed by atoms with Crippen LogP contribution in [0.4, 0.5) is 0 Å². The summed E-state index contributed by atoms with van der Waals surface area (Å²) in [6, 6.07) is 0. The molecule has 3 rings (SSSR count). The summed E-state index contributed by atoms with van der Waals surface area (Å²) in [7, 11) is 0. The Morgan fingerprint density at radius 1 is 1.18 bits per heavy atom. The average Bonchev–Trinajstić information content (AvgIpc) is 2.96. The maximum Gasteiger partial charge on any atom is 0.272 e. The van der Waals surface area contributed by atoms with E-state index in [1.54, 1.807) is 13.1 Å². The Hall–Kier alpha value is -2.31. The highest BCUT2D eigenvalue weighted by molar-refractivity contribution is 5.92. The van der Waals surface area contributed by atoms with Gasteiger partial charge in [-0.3, -0.25) is 9.78 Å². The van der Waals surface area contributed by atoms with E-state index < -0.39 is 5.54 Å². The van der Waals surface area contributed by atoms with Crippen molar-refractivity contribution in [3.63, 3.8) is 0 Å². The van der Waals surface area contributed by atoms with Crippen molar-refractivity contribution in [2.24, 2.45) is 0 Å². The molecular formula is C15H19N5O2. The Labute approximate surface area is 128 Å². The second-order valence-electron chi connectivity index (χ2n) is 5.78. The lowest BCUT2D eigenvalue weighted by Crippen LogP contribution is -2.48. The van der Waals surface area contributed by atoms with Crippen molar-refractivity contribution in [1.82, 2.24) is 25.4 Å². The zero-order valence-electron chi connectivity index (χ0n) is 12.8. The minimum absolute atomic E-state index is 0.253. The van der Waals surface area contributed by atoms with Gasteiger partial charge in [-0.25, -0.2) is 4.98 Å². The number of aromatic nitrogens is 4. The summed E-state index contributed by atoms with van der Waals surface area (Å²) in [5.41, 5.74) is 0.508. The molecule has 0 bridgehead atoms. The number of hydrogen-bond donors (Lipinski definition) is 1. The number of amides is 1. The van der Waals surface area contributed by atoms with Gasteiger partial charge < -0.3 is 9.84 Å². The highest BCUT2D eigenvalue weighted by atomic mass is 16.5. The van der Waals surface area contributed by atoms with Crippen LogP contribution >= 0.6 is 0 Å². The Balaban J connectivity index is 1.87. The number of aryl methyl sites for hydroxylation is 2. The number of nitrogens with one attached hydrogen (secondary N) is 1. The highest BCUT2D eigenvalue weighted by Crippen LogP contribution is 2.35. The van der Waals surface area contributed by atoms with Crippen molar-refractivity contribution in [2.75, 3.05) is 0 Å². The lowest BCUT2D eigenvalue weighted by atomic mass is 9.81. The molecule has 1 aliphatic rings. The summed E-state index contributed by atoms with van der Waals surface area (Å²) >= 11 is 0. The summed E-state index contributed by atoms with van der Waals surface area (Å²) in [4.78, 5) is 25.1. The summed E-state index contributed by atoms with van der Waals surface area (Å²) in [6.07, 6.45) is 7.87. The molecule has 0 aromatic carbocycles. The zero-order chi connectivity index (χ0) is 15.6. The van der Waals surface area contributed by atoms with Crippen LogP contribution in [0, 0.1) is 13.8 Å². The summed E-state index contributed by atoms with van der Waals surface area (Å²) in [5.74, 6) is 0.805. The minimum Gasteiger partial charge on any atom is -0.340 e. The molecule has 0 spiro atoms. The molecule has 1 amide bonds. The summed E-state index contributed by atoms with van der Waals surface area (Å²) < 4.78 is 5.11. The largest absolute Gasteiger partial charge is 0.340 e. The van der Waals surface area contributed by atoms with Gasteiger partial charge in [0.05, 0.1) is 11.9 Å². The van der Waals surface area contributed by atoms with Gasteiger partial charge in [0, 0.05) is 13.1 Å². The molecule has 0 saturated heterocycles. The third-order valence-corrected chi connectivity index (χ3v) is 4.03. The van der Waals surface area contributed by atoms with Crippen LogP contribution in [0.5, 0.6) is 0 Å². The van der Waals surface area contributed by atoms with Gasteiger partial charge >= 0.3 is 0 Å². The van der Waals surface area contributed by atoms with Gasteiger partial charge in [-0.1, -0.05) is 24.4 Å². The molecular weight excluding hydrogens is 282 g/mol. The van der Waals surface area contributed by atoms with E-state index in [1.165, 1.54) is 6.20 Å². The van der Waals surface area contributed by atoms with E-state index in [-0.39, 0.29) is 5.91 Å². The van der Waals surface area contributed by atoms with E-state index in [2.05, 4.69) is 25.4 Å². The number of carbonyl (C=O) groups excluding carboxylic acids is 1. The van der Waals surface area contributed by atoms with Crippen molar-refractivity contribution >= 4 is 5.91 Å². The van der Waals surface area contributed by atoms with Crippen molar-refractivity contribution in [1.29, 1.82) is 0 Å². The molecule has 2 heterocycles. The van der Waals surface area contributed by atoms with Crippen LogP contribution in [0.15, 0.2) is 16.9 Å². The SMILES string of the molecule is Cc1cnc(C(=O)NC2(c3noc(C)n3)CCCCC2)cn1. The standard InChI is InChI=1S/C15H19N5O2/c1-10-8-17-12(9-16-10)13(21)19-15(6-4-3-5-7-15)14-18-11(2)22-20-14/h8-9H,3-7H2,1-2H3,(H,19,21). The zero-order valence-corrected chi connectivity index (χ0v) is 12.8. The molecule has 1 aliphatic carbocycles. The predicted octanol–water partition coefficient (Wildman–Crippen LogP) is 2.07. The van der Waals surface area contributed by atoms with Crippen LogP contribution in [-0.2, 0) is 5.54 Å². The average molecular weight is 301 g/mol. The molecule has 1 N–H and O–H groups in total. The first-order valence-electron chi connectivity index (χ1n) is 7.51. The van der Waals surface area contributed by atoms with Gasteiger partial charge in [-0.05, 0) is 19.8 Å². The number of hydrogen-bond acceptors (Lipinski definition) is 6. The fourth-order valence-electron chi connectivity index (χ4n) is 2.84. The van der Waals surface area contributed by atoms with E-state index in [9.17, 15) is 4.79 Å². The van der Waals surface area contributed by atoms with E-state index >= 15 is 0 Å². The second-order valence-corrected chi connectivity index (χ2v) is 5.78. The quantitative estimate of drug-likeness (QED) is 0.932. The van der Waals surface area contributed by atoms with Gasteiger partial charge in [-0.15, -0.1) is 0 Å². The number of nitrogens with zero attached hydrogens (tertiary/aromatic N) is 4. The van der Waals surface area contributed by atoms with Crippen molar-refractivity contribution in [3.8, 4) is 0 Å². The first kappa shape index (κ1) is 14.6. The smallest absolute Gasteiger partial charge is 0.272 e. The number of rotatable bonds is 3. The highest BCUT2D eigenvalue weighted by Gasteiger charge is 2.40. The fourth-order valence-corrected chi connectivity index (χ4v) is 2.84. The first-order valence-corrected chi connectivity index (χ1v) is 7.51. The topological polar surface area (TPSA) is 93.8 Å². The molecule has 1 fully saturated rings. The Morgan fingerprint density at radius 2 is 1.95 bits per heavy atom. The van der Waals surface area contributed by atoms with E-state index in [0.29, 0.717) is 17.4 Å². The van der Waals surface area contributed by atoms with Crippen molar-refractivity contribution in [3.05, 3.63) is 35.5 Å². The Kier molecular flexibility index (Phi) is 3.87.